The molecule has 0 bridgehead atoms. The molecular weight excluding hydrogens is 250 g/mol. The summed E-state index contributed by atoms with van der Waals surface area (Å²) in [6.07, 6.45) is 0.824. The van der Waals surface area contributed by atoms with Crippen molar-refractivity contribution in [2.75, 3.05) is 17.5 Å². The monoisotopic (exact) mass is 271 g/mol. The number of benzene rings is 1. The highest BCUT2D eigenvalue weighted by atomic mass is 32.2. The summed E-state index contributed by atoms with van der Waals surface area (Å²) in [7, 11) is -1.98. The second-order valence-corrected chi connectivity index (χ2v) is 6.21. The fraction of sp³-hybridized carbons (Fsp3) is 0.500. The molecule has 0 radical (unpaired) electrons. The first-order valence-electron chi connectivity index (χ1n) is 5.92. The van der Waals surface area contributed by atoms with Crippen LogP contribution in [0.3, 0.4) is 0 Å². The Labute approximate surface area is 109 Å². The standard InChI is InChI=1S/C12H21N3O2S/c1-5-10-6-7-11(8-12(10)13)14-18(16,17)15(4)9(2)3/h6-9,14H,5,13H2,1-4H3. The Bertz CT molecular complexity index is 512. The van der Waals surface area contributed by atoms with Crippen LogP contribution in [0.5, 0.6) is 0 Å². The summed E-state index contributed by atoms with van der Waals surface area (Å²) >= 11 is 0. The first-order chi connectivity index (χ1) is 8.27. The molecule has 0 spiro atoms. The van der Waals surface area contributed by atoms with Crippen molar-refractivity contribution in [1.82, 2.24) is 4.31 Å². The molecule has 0 saturated heterocycles. The Morgan fingerprint density at radius 1 is 1.39 bits per heavy atom. The number of nitrogens with two attached hydrogens (primary N) is 1. The van der Waals surface area contributed by atoms with Gasteiger partial charge in [0.15, 0.2) is 0 Å². The van der Waals surface area contributed by atoms with Crippen LogP contribution in [0.1, 0.15) is 26.3 Å². The van der Waals surface area contributed by atoms with Crippen molar-refractivity contribution in [2.45, 2.75) is 33.2 Å². The van der Waals surface area contributed by atoms with Crippen molar-refractivity contribution in [2.24, 2.45) is 0 Å². The van der Waals surface area contributed by atoms with E-state index in [0.717, 1.165) is 12.0 Å². The maximum atomic E-state index is 12.0. The van der Waals surface area contributed by atoms with Gasteiger partial charge in [0.2, 0.25) is 0 Å². The topological polar surface area (TPSA) is 75.4 Å². The van der Waals surface area contributed by atoms with Crippen LogP contribution in [-0.2, 0) is 16.6 Å². The van der Waals surface area contributed by atoms with E-state index < -0.39 is 10.2 Å². The predicted octanol–water partition coefficient (Wildman–Crippen LogP) is 1.83. The Morgan fingerprint density at radius 3 is 2.44 bits per heavy atom. The molecule has 0 aliphatic carbocycles. The molecule has 102 valence electrons. The van der Waals surface area contributed by atoms with E-state index in [4.69, 9.17) is 5.73 Å². The molecule has 0 aliphatic rings. The van der Waals surface area contributed by atoms with E-state index in [2.05, 4.69) is 4.72 Å². The number of nitrogen functional groups attached to an aromatic ring is 1. The van der Waals surface area contributed by atoms with Gasteiger partial charge in [0.1, 0.15) is 0 Å². The fourth-order valence-electron chi connectivity index (χ4n) is 1.48. The summed E-state index contributed by atoms with van der Waals surface area (Å²) in [5.41, 5.74) is 7.93. The average molecular weight is 271 g/mol. The van der Waals surface area contributed by atoms with Crippen molar-refractivity contribution in [3.05, 3.63) is 23.8 Å². The minimum absolute atomic E-state index is 0.102. The van der Waals surface area contributed by atoms with Crippen LogP contribution < -0.4 is 10.5 Å². The minimum atomic E-state index is -3.52. The molecule has 1 aromatic rings. The number of nitrogens with zero attached hydrogens (tertiary/aromatic N) is 1. The maximum absolute atomic E-state index is 12.0. The molecule has 5 nitrogen and oxygen atoms in total. The second-order valence-electron chi connectivity index (χ2n) is 4.48. The van der Waals surface area contributed by atoms with Crippen LogP contribution in [-0.4, -0.2) is 25.8 Å². The molecule has 0 unspecified atom stereocenters. The van der Waals surface area contributed by atoms with Crippen LogP contribution in [0.4, 0.5) is 11.4 Å². The summed E-state index contributed by atoms with van der Waals surface area (Å²) < 4.78 is 27.7. The quantitative estimate of drug-likeness (QED) is 0.802. The van der Waals surface area contributed by atoms with Gasteiger partial charge in [-0.1, -0.05) is 13.0 Å². The van der Waals surface area contributed by atoms with E-state index in [9.17, 15) is 8.42 Å². The van der Waals surface area contributed by atoms with E-state index in [1.807, 2.05) is 26.8 Å². The fourth-order valence-corrected chi connectivity index (χ4v) is 2.60. The highest BCUT2D eigenvalue weighted by Crippen LogP contribution is 2.20. The number of anilines is 2. The molecule has 0 aromatic heterocycles. The molecule has 1 rings (SSSR count). The van der Waals surface area contributed by atoms with Crippen LogP contribution in [0, 0.1) is 0 Å². The average Bonchev–Trinajstić information content (AvgIpc) is 2.27. The van der Waals surface area contributed by atoms with Crippen LogP contribution in [0.25, 0.3) is 0 Å². The zero-order valence-corrected chi connectivity index (χ0v) is 12.1. The summed E-state index contributed by atoms with van der Waals surface area (Å²) in [5, 5.41) is 0. The number of aryl methyl sites for hydroxylation is 1. The maximum Gasteiger partial charge on any atom is 0.301 e. The van der Waals surface area contributed by atoms with Gasteiger partial charge in [0.25, 0.3) is 0 Å². The molecule has 0 saturated carbocycles. The number of rotatable bonds is 5. The third-order valence-corrected chi connectivity index (χ3v) is 4.55. The van der Waals surface area contributed by atoms with Crippen LogP contribution in [0.15, 0.2) is 18.2 Å². The molecule has 1 aromatic carbocycles. The molecule has 3 N–H and O–H groups in total. The van der Waals surface area contributed by atoms with Gasteiger partial charge >= 0.3 is 10.2 Å². The summed E-state index contributed by atoms with van der Waals surface area (Å²) in [6.45, 7) is 5.63. The zero-order valence-electron chi connectivity index (χ0n) is 11.3. The molecule has 0 atom stereocenters. The first-order valence-corrected chi connectivity index (χ1v) is 7.36. The van der Waals surface area contributed by atoms with Crippen LogP contribution >= 0.6 is 0 Å². The van der Waals surface area contributed by atoms with Crippen molar-refractivity contribution < 1.29 is 8.42 Å². The van der Waals surface area contributed by atoms with Crippen molar-refractivity contribution >= 4 is 21.6 Å². The summed E-state index contributed by atoms with van der Waals surface area (Å²) in [6, 6.07) is 5.10. The van der Waals surface area contributed by atoms with Crippen molar-refractivity contribution in [1.29, 1.82) is 0 Å². The van der Waals surface area contributed by atoms with Crippen molar-refractivity contribution in [3.63, 3.8) is 0 Å². The van der Waals surface area contributed by atoms with Gasteiger partial charge in [-0.3, -0.25) is 4.72 Å². The summed E-state index contributed by atoms with van der Waals surface area (Å²) in [5.74, 6) is 0. The predicted molar refractivity (Wildman–Crippen MR) is 75.7 cm³/mol. The Kier molecular flexibility index (Phi) is 4.59. The van der Waals surface area contributed by atoms with E-state index in [0.29, 0.717) is 11.4 Å². The number of nitrogens with one attached hydrogen (secondary N) is 1. The highest BCUT2D eigenvalue weighted by Gasteiger charge is 2.20. The smallest absolute Gasteiger partial charge is 0.301 e. The van der Waals surface area contributed by atoms with Gasteiger partial charge in [-0.2, -0.15) is 12.7 Å². The molecule has 0 fully saturated rings. The number of hydrogen-bond acceptors (Lipinski definition) is 3. The van der Waals surface area contributed by atoms with Crippen LogP contribution in [0.2, 0.25) is 0 Å². The second kappa shape index (κ2) is 5.58. The zero-order chi connectivity index (χ0) is 13.9. The third kappa shape index (κ3) is 3.36. The Balaban J connectivity index is 2.95. The molecule has 18 heavy (non-hydrogen) atoms. The largest absolute Gasteiger partial charge is 0.398 e. The van der Waals surface area contributed by atoms with E-state index >= 15 is 0 Å². The third-order valence-electron chi connectivity index (χ3n) is 2.88. The SMILES string of the molecule is CCc1ccc(NS(=O)(=O)N(C)C(C)C)cc1N. The van der Waals surface area contributed by atoms with Gasteiger partial charge in [-0.15, -0.1) is 0 Å². The molecule has 0 aliphatic heterocycles. The van der Waals surface area contributed by atoms with Gasteiger partial charge < -0.3 is 5.73 Å². The van der Waals surface area contributed by atoms with Gasteiger partial charge in [0.05, 0.1) is 5.69 Å². The van der Waals surface area contributed by atoms with Gasteiger partial charge in [-0.05, 0) is 38.0 Å². The lowest BCUT2D eigenvalue weighted by molar-refractivity contribution is 0.414. The molecule has 0 heterocycles. The number of hydrogen-bond donors (Lipinski definition) is 2. The lowest BCUT2D eigenvalue weighted by Crippen LogP contribution is -2.37. The lowest BCUT2D eigenvalue weighted by Gasteiger charge is -2.22. The van der Waals surface area contributed by atoms with E-state index in [1.54, 1.807) is 12.1 Å². The van der Waals surface area contributed by atoms with Gasteiger partial charge in [-0.25, -0.2) is 0 Å². The molecular formula is C12H21N3O2S. The Hall–Kier alpha value is -1.27. The molecule has 0 amide bonds. The highest BCUT2D eigenvalue weighted by molar-refractivity contribution is 7.90. The van der Waals surface area contributed by atoms with Gasteiger partial charge in [0, 0.05) is 18.8 Å². The Morgan fingerprint density at radius 2 is 2.00 bits per heavy atom. The molecule has 6 heteroatoms. The van der Waals surface area contributed by atoms with Crippen molar-refractivity contribution in [3.8, 4) is 0 Å². The van der Waals surface area contributed by atoms with E-state index in [1.165, 1.54) is 11.4 Å². The minimum Gasteiger partial charge on any atom is -0.398 e. The normalized spacial score (nSPS) is 12.1. The first kappa shape index (κ1) is 14.8. The van der Waals surface area contributed by atoms with E-state index in [-0.39, 0.29) is 6.04 Å². The lowest BCUT2D eigenvalue weighted by atomic mass is 10.1. The summed E-state index contributed by atoms with van der Waals surface area (Å²) in [4.78, 5) is 0.